The van der Waals surface area contributed by atoms with Gasteiger partial charge in [0.05, 0.1) is 17.5 Å². The van der Waals surface area contributed by atoms with Crippen LogP contribution in [0.3, 0.4) is 0 Å². The van der Waals surface area contributed by atoms with E-state index in [4.69, 9.17) is 11.1 Å². The fraction of sp³-hybridized carbons (Fsp3) is 0. The maximum Gasteiger partial charge on any atom is 0.208 e. The maximum absolute atomic E-state index is 7.45. The number of rotatable bonds is 2. The van der Waals surface area contributed by atoms with E-state index in [1.165, 1.54) is 4.57 Å². The second-order valence-electron chi connectivity index (χ2n) is 4.26. The monoisotopic (exact) mass is 263 g/mol. The number of nitrogens with zero attached hydrogens (tertiary/aromatic N) is 3. The Kier molecular flexibility index (Phi) is 3.01. The summed E-state index contributed by atoms with van der Waals surface area (Å²) in [7, 11) is 0. The third-order valence-corrected chi connectivity index (χ3v) is 2.99. The van der Waals surface area contributed by atoms with Crippen molar-refractivity contribution in [3.63, 3.8) is 0 Å². The van der Waals surface area contributed by atoms with Crippen molar-refractivity contribution in [2.75, 3.05) is 5.73 Å². The van der Waals surface area contributed by atoms with Crippen molar-refractivity contribution in [1.82, 2.24) is 9.55 Å². The summed E-state index contributed by atoms with van der Waals surface area (Å²) in [5.74, 6) is 0.244. The molecule has 1 aromatic heterocycles. The molecule has 98 valence electrons. The molecule has 0 unspecified atom stereocenters. The molecule has 0 amide bonds. The van der Waals surface area contributed by atoms with Gasteiger partial charge < -0.3 is 5.73 Å². The van der Waals surface area contributed by atoms with Gasteiger partial charge in [-0.15, -0.1) is 0 Å². The van der Waals surface area contributed by atoms with Crippen molar-refractivity contribution in [3.05, 3.63) is 60.1 Å². The topological polar surface area (TPSA) is 80.0 Å². The standard InChI is InChI=1S/C15H13N5/c16-10-20-13-9-5-4-8-12(13)14(19-15(20)17)18-11-6-2-1-3-7-11/h1-10,16H,(H2,17,18,19). The van der Waals surface area contributed by atoms with Crippen molar-refractivity contribution in [1.29, 1.82) is 5.41 Å². The van der Waals surface area contributed by atoms with Crippen LogP contribution in [0.15, 0.2) is 59.6 Å². The largest absolute Gasteiger partial charge is 0.369 e. The first-order valence-electron chi connectivity index (χ1n) is 6.17. The molecule has 0 spiro atoms. The molecular weight excluding hydrogens is 250 g/mol. The van der Waals surface area contributed by atoms with Crippen molar-refractivity contribution in [2.24, 2.45) is 4.99 Å². The highest BCUT2D eigenvalue weighted by atomic mass is 15.1. The van der Waals surface area contributed by atoms with E-state index in [1.807, 2.05) is 54.6 Å². The van der Waals surface area contributed by atoms with E-state index in [0.717, 1.165) is 22.9 Å². The van der Waals surface area contributed by atoms with E-state index in [9.17, 15) is 0 Å². The fourth-order valence-electron chi connectivity index (χ4n) is 2.06. The first-order valence-corrected chi connectivity index (χ1v) is 6.17. The molecule has 20 heavy (non-hydrogen) atoms. The van der Waals surface area contributed by atoms with Crippen LogP contribution in [-0.4, -0.2) is 15.9 Å². The van der Waals surface area contributed by atoms with E-state index in [2.05, 4.69) is 9.98 Å². The van der Waals surface area contributed by atoms with Crippen LogP contribution in [0.25, 0.3) is 10.9 Å². The van der Waals surface area contributed by atoms with E-state index in [1.54, 1.807) is 0 Å². The summed E-state index contributed by atoms with van der Waals surface area (Å²) < 4.78 is 1.53. The smallest absolute Gasteiger partial charge is 0.208 e. The van der Waals surface area contributed by atoms with E-state index < -0.39 is 0 Å². The molecule has 5 heteroatoms. The summed E-state index contributed by atoms with van der Waals surface area (Å²) in [6, 6.07) is 17.2. The number of benzene rings is 2. The van der Waals surface area contributed by atoms with Crippen LogP contribution in [0.1, 0.15) is 0 Å². The Morgan fingerprint density at radius 1 is 1.05 bits per heavy atom. The molecular formula is C15H13N5. The molecule has 0 aliphatic carbocycles. The SMILES string of the molecule is N=Cn1c(N)nc(=Nc2ccccc2)c2ccccc21. The van der Waals surface area contributed by atoms with E-state index in [-0.39, 0.29) is 5.95 Å². The van der Waals surface area contributed by atoms with Crippen LogP contribution in [-0.2, 0) is 0 Å². The van der Waals surface area contributed by atoms with Crippen molar-refractivity contribution in [2.45, 2.75) is 0 Å². The third-order valence-electron chi connectivity index (χ3n) is 2.99. The zero-order chi connectivity index (χ0) is 13.9. The van der Waals surface area contributed by atoms with Gasteiger partial charge in [0.25, 0.3) is 0 Å². The highest BCUT2D eigenvalue weighted by Crippen LogP contribution is 2.13. The summed E-state index contributed by atoms with van der Waals surface area (Å²) in [6.45, 7) is 0. The molecule has 0 atom stereocenters. The average Bonchev–Trinajstić information content (AvgIpc) is 2.49. The molecule has 5 nitrogen and oxygen atoms in total. The predicted octanol–water partition coefficient (Wildman–Crippen LogP) is 2.31. The highest BCUT2D eigenvalue weighted by Gasteiger charge is 2.04. The summed E-state index contributed by atoms with van der Waals surface area (Å²) >= 11 is 0. The van der Waals surface area contributed by atoms with E-state index >= 15 is 0 Å². The van der Waals surface area contributed by atoms with Crippen LogP contribution < -0.4 is 11.2 Å². The predicted molar refractivity (Wildman–Crippen MR) is 80.0 cm³/mol. The minimum Gasteiger partial charge on any atom is -0.369 e. The van der Waals surface area contributed by atoms with Crippen LogP contribution >= 0.6 is 0 Å². The Hall–Kier alpha value is -2.95. The van der Waals surface area contributed by atoms with Crippen LogP contribution in [0.5, 0.6) is 0 Å². The molecule has 0 aliphatic rings. The lowest BCUT2D eigenvalue weighted by molar-refractivity contribution is 1.07. The summed E-state index contributed by atoms with van der Waals surface area (Å²) in [5, 5.41) is 8.30. The Morgan fingerprint density at radius 2 is 1.75 bits per heavy atom. The first kappa shape index (κ1) is 12.1. The van der Waals surface area contributed by atoms with Crippen molar-refractivity contribution < 1.29 is 0 Å². The van der Waals surface area contributed by atoms with Gasteiger partial charge >= 0.3 is 0 Å². The fourth-order valence-corrected chi connectivity index (χ4v) is 2.06. The normalized spacial score (nSPS) is 11.7. The summed E-state index contributed by atoms with van der Waals surface area (Å²) in [4.78, 5) is 8.82. The Morgan fingerprint density at radius 3 is 2.50 bits per heavy atom. The number of nitrogens with two attached hydrogens (primary N) is 1. The quantitative estimate of drug-likeness (QED) is 0.549. The van der Waals surface area contributed by atoms with Crippen molar-refractivity contribution in [3.8, 4) is 0 Å². The van der Waals surface area contributed by atoms with Gasteiger partial charge in [-0.2, -0.15) is 4.98 Å². The number of fused-ring (bicyclic) bond motifs is 1. The van der Waals surface area contributed by atoms with Gasteiger partial charge in [0, 0.05) is 5.39 Å². The minimum atomic E-state index is 0.244. The zero-order valence-electron chi connectivity index (χ0n) is 10.7. The van der Waals surface area contributed by atoms with Crippen molar-refractivity contribution >= 4 is 28.9 Å². The minimum absolute atomic E-state index is 0.244. The lowest BCUT2D eigenvalue weighted by atomic mass is 10.2. The zero-order valence-corrected chi connectivity index (χ0v) is 10.7. The summed E-state index contributed by atoms with van der Waals surface area (Å²) in [6.07, 6.45) is 1.15. The molecule has 3 N–H and O–H groups in total. The number of hydrogen-bond donors (Lipinski definition) is 2. The number of nitrogens with one attached hydrogen (secondary N) is 1. The molecule has 3 rings (SSSR count). The maximum atomic E-state index is 7.45. The van der Waals surface area contributed by atoms with Gasteiger partial charge in [0.15, 0.2) is 5.49 Å². The second-order valence-corrected chi connectivity index (χ2v) is 4.26. The molecule has 0 aliphatic heterocycles. The van der Waals surface area contributed by atoms with Gasteiger partial charge in [-0.3, -0.25) is 9.98 Å². The molecule has 2 aromatic carbocycles. The van der Waals surface area contributed by atoms with Gasteiger partial charge in [0.1, 0.15) is 0 Å². The highest BCUT2D eigenvalue weighted by molar-refractivity contribution is 5.85. The Balaban J connectivity index is 2.38. The van der Waals surface area contributed by atoms with Gasteiger partial charge in [-0.1, -0.05) is 30.3 Å². The number of nitrogen functional groups attached to an aromatic ring is 1. The van der Waals surface area contributed by atoms with Crippen LogP contribution in [0, 0.1) is 5.41 Å². The molecule has 0 fully saturated rings. The Bertz CT molecular complexity index is 834. The summed E-state index contributed by atoms with van der Waals surface area (Å²) in [5.41, 5.74) is 8.08. The lowest BCUT2D eigenvalue weighted by Crippen LogP contribution is -2.18. The third kappa shape index (κ3) is 2.05. The molecule has 0 saturated carbocycles. The molecule has 1 heterocycles. The van der Waals surface area contributed by atoms with Gasteiger partial charge in [-0.25, -0.2) is 4.99 Å². The van der Waals surface area contributed by atoms with Gasteiger partial charge in [0.2, 0.25) is 5.95 Å². The average molecular weight is 263 g/mol. The first-order chi connectivity index (χ1) is 9.79. The van der Waals surface area contributed by atoms with Crippen LogP contribution in [0.4, 0.5) is 11.6 Å². The molecule has 0 bridgehead atoms. The second kappa shape index (κ2) is 4.97. The Labute approximate surface area is 115 Å². The number of hydrogen-bond acceptors (Lipinski definition) is 4. The molecule has 0 radical (unpaired) electrons. The number of anilines is 1. The number of para-hydroxylation sites is 2. The van der Waals surface area contributed by atoms with Gasteiger partial charge in [-0.05, 0) is 24.3 Å². The molecule has 0 saturated heterocycles. The van der Waals surface area contributed by atoms with E-state index in [0.29, 0.717) is 5.49 Å². The lowest BCUT2D eigenvalue weighted by Gasteiger charge is -2.08. The molecule has 3 aromatic rings. The van der Waals surface area contributed by atoms with Crippen LogP contribution in [0.2, 0.25) is 0 Å². The number of aromatic nitrogens is 2.